The van der Waals surface area contributed by atoms with Gasteiger partial charge in [0.05, 0.1) is 14.2 Å². The SMILES string of the molecule is COc1cc2c(cc1OC)[C@@]1(C)[C@H](OC(C)=O)[C@@H](OC(C)=O)C(=O)N1CC2. The standard InChI is InChI=1S/C19H23NO7/c1-10(21)26-16-17(27-11(2)22)19(3)13-9-15(25-5)14(24-4)8-12(13)6-7-20(19)18(16)23/h8-9,16-17H,6-7H2,1-5H3/t16-,17-,19+/m1/s1. The largest absolute Gasteiger partial charge is 0.493 e. The third-order valence-corrected chi connectivity index (χ3v) is 5.24. The van der Waals surface area contributed by atoms with Gasteiger partial charge in [-0.2, -0.15) is 0 Å². The highest BCUT2D eigenvalue weighted by Gasteiger charge is 2.62. The number of carbonyl (C=O) groups is 3. The highest BCUT2D eigenvalue weighted by Crippen LogP contribution is 2.49. The van der Waals surface area contributed by atoms with E-state index in [0.29, 0.717) is 24.5 Å². The molecule has 1 fully saturated rings. The molecular weight excluding hydrogens is 354 g/mol. The highest BCUT2D eigenvalue weighted by molar-refractivity contribution is 5.89. The molecule has 0 N–H and O–H groups in total. The highest BCUT2D eigenvalue weighted by atomic mass is 16.6. The summed E-state index contributed by atoms with van der Waals surface area (Å²) < 4.78 is 21.5. The Hall–Kier alpha value is -2.77. The number of fused-ring (bicyclic) bond motifs is 3. The third-order valence-electron chi connectivity index (χ3n) is 5.24. The van der Waals surface area contributed by atoms with Gasteiger partial charge >= 0.3 is 11.9 Å². The van der Waals surface area contributed by atoms with Crippen molar-refractivity contribution in [3.05, 3.63) is 23.3 Å². The summed E-state index contributed by atoms with van der Waals surface area (Å²) in [6.07, 6.45) is -1.56. The number of rotatable bonds is 4. The zero-order chi connectivity index (χ0) is 19.9. The minimum atomic E-state index is -1.18. The van der Waals surface area contributed by atoms with E-state index in [-0.39, 0.29) is 5.91 Å². The van der Waals surface area contributed by atoms with Crippen molar-refractivity contribution >= 4 is 17.8 Å². The summed E-state index contributed by atoms with van der Waals surface area (Å²) in [7, 11) is 3.08. The van der Waals surface area contributed by atoms with Gasteiger partial charge in [-0.05, 0) is 36.6 Å². The van der Waals surface area contributed by atoms with Crippen molar-refractivity contribution in [1.82, 2.24) is 4.90 Å². The number of amides is 1. The quantitative estimate of drug-likeness (QED) is 0.728. The van der Waals surface area contributed by atoms with E-state index in [2.05, 4.69) is 0 Å². The Morgan fingerprint density at radius 3 is 2.22 bits per heavy atom. The van der Waals surface area contributed by atoms with Gasteiger partial charge in [-0.3, -0.25) is 14.4 Å². The smallest absolute Gasteiger partial charge is 0.303 e. The molecule has 0 unspecified atom stereocenters. The van der Waals surface area contributed by atoms with Crippen LogP contribution < -0.4 is 9.47 Å². The average molecular weight is 377 g/mol. The molecule has 1 amide bonds. The van der Waals surface area contributed by atoms with Crippen molar-refractivity contribution in [2.24, 2.45) is 0 Å². The first-order chi connectivity index (χ1) is 12.7. The van der Waals surface area contributed by atoms with Crippen molar-refractivity contribution in [3.8, 4) is 11.5 Å². The molecule has 3 atom stereocenters. The number of esters is 2. The second-order valence-corrected chi connectivity index (χ2v) is 6.81. The van der Waals surface area contributed by atoms with E-state index in [1.807, 2.05) is 13.0 Å². The lowest BCUT2D eigenvalue weighted by atomic mass is 9.79. The second kappa shape index (κ2) is 6.75. The minimum absolute atomic E-state index is 0.376. The molecule has 1 saturated heterocycles. The molecule has 0 aliphatic carbocycles. The number of ether oxygens (including phenoxy) is 4. The van der Waals surface area contributed by atoms with Crippen molar-refractivity contribution < 1.29 is 33.3 Å². The second-order valence-electron chi connectivity index (χ2n) is 6.81. The Balaban J connectivity index is 2.18. The van der Waals surface area contributed by atoms with Crippen LogP contribution in [0.5, 0.6) is 11.5 Å². The van der Waals surface area contributed by atoms with Crippen LogP contribution in [0.3, 0.4) is 0 Å². The lowest BCUT2D eigenvalue weighted by Crippen LogP contribution is -2.51. The van der Waals surface area contributed by atoms with Crippen LogP contribution in [0, 0.1) is 0 Å². The van der Waals surface area contributed by atoms with Gasteiger partial charge < -0.3 is 23.8 Å². The van der Waals surface area contributed by atoms with Gasteiger partial charge in [-0.1, -0.05) is 0 Å². The number of hydrogen-bond donors (Lipinski definition) is 0. The van der Waals surface area contributed by atoms with Crippen LogP contribution in [-0.2, 0) is 35.8 Å². The first-order valence-electron chi connectivity index (χ1n) is 8.65. The summed E-state index contributed by atoms with van der Waals surface area (Å²) >= 11 is 0. The summed E-state index contributed by atoms with van der Waals surface area (Å²) in [6.45, 7) is 4.71. The molecule has 0 saturated carbocycles. The summed E-state index contributed by atoms with van der Waals surface area (Å²) in [5.41, 5.74) is 0.746. The summed E-state index contributed by atoms with van der Waals surface area (Å²) in [5, 5.41) is 0. The Morgan fingerprint density at radius 1 is 1.07 bits per heavy atom. The summed E-state index contributed by atoms with van der Waals surface area (Å²) in [6, 6.07) is 3.66. The monoisotopic (exact) mass is 377 g/mol. The van der Waals surface area contributed by atoms with E-state index < -0.39 is 29.7 Å². The van der Waals surface area contributed by atoms with Gasteiger partial charge in [-0.15, -0.1) is 0 Å². The van der Waals surface area contributed by atoms with Crippen molar-refractivity contribution in [3.63, 3.8) is 0 Å². The van der Waals surface area contributed by atoms with Crippen molar-refractivity contribution in [1.29, 1.82) is 0 Å². The van der Waals surface area contributed by atoms with E-state index in [9.17, 15) is 14.4 Å². The van der Waals surface area contributed by atoms with Crippen LogP contribution in [0.2, 0.25) is 0 Å². The van der Waals surface area contributed by atoms with E-state index >= 15 is 0 Å². The number of benzene rings is 1. The predicted molar refractivity (Wildman–Crippen MR) is 93.4 cm³/mol. The fraction of sp³-hybridized carbons (Fsp3) is 0.526. The van der Waals surface area contributed by atoms with Gasteiger partial charge in [0.25, 0.3) is 5.91 Å². The van der Waals surface area contributed by atoms with E-state index in [4.69, 9.17) is 18.9 Å². The first-order valence-corrected chi connectivity index (χ1v) is 8.65. The number of nitrogens with zero attached hydrogens (tertiary/aromatic N) is 1. The maximum atomic E-state index is 13.0. The molecule has 0 aromatic heterocycles. The van der Waals surface area contributed by atoms with Crippen molar-refractivity contribution in [2.45, 2.75) is 44.9 Å². The van der Waals surface area contributed by atoms with Crippen LogP contribution in [0.15, 0.2) is 12.1 Å². The molecule has 2 aliphatic heterocycles. The first kappa shape index (κ1) is 19.0. The molecule has 0 bridgehead atoms. The van der Waals surface area contributed by atoms with E-state index in [1.165, 1.54) is 21.0 Å². The van der Waals surface area contributed by atoms with Crippen LogP contribution in [0.1, 0.15) is 31.9 Å². The molecule has 27 heavy (non-hydrogen) atoms. The maximum absolute atomic E-state index is 13.0. The van der Waals surface area contributed by atoms with Gasteiger partial charge in [0, 0.05) is 20.4 Å². The summed E-state index contributed by atoms with van der Waals surface area (Å²) in [4.78, 5) is 37.9. The molecule has 8 nitrogen and oxygen atoms in total. The topological polar surface area (TPSA) is 91.4 Å². The van der Waals surface area contributed by atoms with E-state index in [1.54, 1.807) is 18.1 Å². The zero-order valence-corrected chi connectivity index (χ0v) is 16.0. The predicted octanol–water partition coefficient (Wildman–Crippen LogP) is 1.18. The van der Waals surface area contributed by atoms with E-state index in [0.717, 1.165) is 11.1 Å². The minimum Gasteiger partial charge on any atom is -0.493 e. The number of methoxy groups -OCH3 is 2. The Kier molecular flexibility index (Phi) is 4.75. The molecule has 3 rings (SSSR count). The van der Waals surface area contributed by atoms with Crippen LogP contribution in [0.4, 0.5) is 0 Å². The fourth-order valence-electron chi connectivity index (χ4n) is 4.08. The third kappa shape index (κ3) is 2.89. The maximum Gasteiger partial charge on any atom is 0.303 e. The van der Waals surface area contributed by atoms with Crippen LogP contribution >= 0.6 is 0 Å². The van der Waals surface area contributed by atoms with Gasteiger partial charge in [0.2, 0.25) is 6.10 Å². The molecule has 0 radical (unpaired) electrons. The lowest BCUT2D eigenvalue weighted by molar-refractivity contribution is -0.168. The van der Waals surface area contributed by atoms with Crippen LogP contribution in [-0.4, -0.2) is 55.7 Å². The number of hydrogen-bond acceptors (Lipinski definition) is 7. The molecule has 1 aromatic rings. The average Bonchev–Trinajstić information content (AvgIpc) is 2.81. The Bertz CT molecular complexity index is 805. The molecule has 2 heterocycles. The molecular formula is C19H23NO7. The molecule has 2 aliphatic rings. The Labute approximate surface area is 157 Å². The van der Waals surface area contributed by atoms with Gasteiger partial charge in [0.1, 0.15) is 5.54 Å². The van der Waals surface area contributed by atoms with Crippen molar-refractivity contribution in [2.75, 3.05) is 20.8 Å². The molecule has 1 aromatic carbocycles. The lowest BCUT2D eigenvalue weighted by Gasteiger charge is -2.43. The fourth-order valence-corrected chi connectivity index (χ4v) is 4.08. The number of carbonyl (C=O) groups excluding carboxylic acids is 3. The molecule has 8 heteroatoms. The van der Waals surface area contributed by atoms with Crippen LogP contribution in [0.25, 0.3) is 0 Å². The van der Waals surface area contributed by atoms with Gasteiger partial charge in [-0.25, -0.2) is 0 Å². The zero-order valence-electron chi connectivity index (χ0n) is 16.0. The molecule has 146 valence electrons. The normalized spacial score (nSPS) is 26.1. The van der Waals surface area contributed by atoms with Gasteiger partial charge in [0.15, 0.2) is 17.6 Å². The summed E-state index contributed by atoms with van der Waals surface area (Å²) in [5.74, 6) is -0.455. The Morgan fingerprint density at radius 2 is 1.67 bits per heavy atom. The molecule has 0 spiro atoms.